The van der Waals surface area contributed by atoms with Gasteiger partial charge in [-0.2, -0.15) is 0 Å². The number of hydrogen-bond donors (Lipinski definition) is 1. The largest absolute Gasteiger partial charge is 0.506 e. The molecule has 0 aliphatic carbocycles. The molecule has 0 radical (unpaired) electrons. The van der Waals surface area contributed by atoms with Gasteiger partial charge in [0.1, 0.15) is 12.0 Å². The third-order valence-electron chi connectivity index (χ3n) is 2.31. The summed E-state index contributed by atoms with van der Waals surface area (Å²) < 4.78 is 0. The third kappa shape index (κ3) is 1.19. The Bertz CT molecular complexity index is 351. The van der Waals surface area contributed by atoms with E-state index in [-0.39, 0.29) is 11.8 Å². The number of aromatic hydroxyl groups is 1. The number of likely N-dealkylation sites (N-methyl/N-ethyl adjacent to an activating group) is 1. The molecule has 13 heavy (non-hydrogen) atoms. The average Bonchev–Trinajstić information content (AvgIpc) is 2.40. The number of aldehydes is 1. The Morgan fingerprint density at radius 1 is 1.77 bits per heavy atom. The highest BCUT2D eigenvalue weighted by Crippen LogP contribution is 2.31. The lowest BCUT2D eigenvalue weighted by Crippen LogP contribution is -2.17. The van der Waals surface area contributed by atoms with Crippen LogP contribution in [0.25, 0.3) is 0 Å². The molecule has 1 N–H and O–H groups in total. The molecule has 0 fully saturated rings. The molecule has 4 heteroatoms. The van der Waals surface area contributed by atoms with Crippen LogP contribution in [0.2, 0.25) is 0 Å². The summed E-state index contributed by atoms with van der Waals surface area (Å²) >= 11 is 0. The second kappa shape index (κ2) is 2.81. The molecule has 1 aromatic rings. The molecule has 2 heterocycles. The minimum Gasteiger partial charge on any atom is -0.506 e. The lowest BCUT2D eigenvalue weighted by atomic mass is 10.1. The minimum atomic E-state index is -0.255. The first-order valence-electron chi connectivity index (χ1n) is 4.05. The van der Waals surface area contributed by atoms with Gasteiger partial charge in [0, 0.05) is 12.1 Å². The summed E-state index contributed by atoms with van der Waals surface area (Å²) in [5.41, 5.74) is 1.69. The summed E-state index contributed by atoms with van der Waals surface area (Å²) in [5.74, 6) is 0.112. The Morgan fingerprint density at radius 2 is 2.54 bits per heavy atom. The van der Waals surface area contributed by atoms with Crippen LogP contribution in [0, 0.1) is 0 Å². The molecular weight excluding hydrogens is 168 g/mol. The highest BCUT2D eigenvalue weighted by atomic mass is 16.3. The molecule has 0 saturated carbocycles. The Kier molecular flexibility index (Phi) is 1.77. The van der Waals surface area contributed by atoms with E-state index >= 15 is 0 Å². The van der Waals surface area contributed by atoms with Crippen molar-refractivity contribution in [3.05, 3.63) is 23.5 Å². The predicted molar refractivity (Wildman–Crippen MR) is 46.2 cm³/mol. The second-order valence-corrected chi connectivity index (χ2v) is 3.23. The van der Waals surface area contributed by atoms with Crippen LogP contribution >= 0.6 is 0 Å². The van der Waals surface area contributed by atoms with Crippen molar-refractivity contribution in [2.45, 2.75) is 12.6 Å². The van der Waals surface area contributed by atoms with Gasteiger partial charge >= 0.3 is 0 Å². The highest BCUT2D eigenvalue weighted by Gasteiger charge is 2.28. The summed E-state index contributed by atoms with van der Waals surface area (Å²) in [6.45, 7) is 0.666. The monoisotopic (exact) mass is 178 g/mol. The van der Waals surface area contributed by atoms with Crippen molar-refractivity contribution >= 4 is 6.29 Å². The number of pyridine rings is 1. The summed E-state index contributed by atoms with van der Waals surface area (Å²) in [6.07, 6.45) is 2.27. The van der Waals surface area contributed by atoms with Crippen molar-refractivity contribution in [2.24, 2.45) is 0 Å². The Hall–Kier alpha value is -1.42. The molecule has 1 aliphatic rings. The summed E-state index contributed by atoms with van der Waals surface area (Å²) in [4.78, 5) is 16.7. The van der Waals surface area contributed by atoms with Crippen LogP contribution in [0.4, 0.5) is 0 Å². The van der Waals surface area contributed by atoms with Gasteiger partial charge < -0.3 is 9.90 Å². The number of fused-ring (bicyclic) bond motifs is 1. The molecule has 68 valence electrons. The van der Waals surface area contributed by atoms with Crippen molar-refractivity contribution in [1.82, 2.24) is 9.88 Å². The van der Waals surface area contributed by atoms with Crippen LogP contribution in [0.15, 0.2) is 12.3 Å². The lowest BCUT2D eigenvalue weighted by molar-refractivity contribution is -0.111. The zero-order valence-electron chi connectivity index (χ0n) is 7.27. The van der Waals surface area contributed by atoms with E-state index in [1.54, 1.807) is 6.07 Å². The highest BCUT2D eigenvalue weighted by molar-refractivity contribution is 5.64. The fraction of sp³-hybridized carbons (Fsp3) is 0.333. The Morgan fingerprint density at radius 3 is 3.23 bits per heavy atom. The van der Waals surface area contributed by atoms with Crippen molar-refractivity contribution in [1.29, 1.82) is 0 Å². The van der Waals surface area contributed by atoms with Crippen LogP contribution in [-0.2, 0) is 11.3 Å². The summed E-state index contributed by atoms with van der Waals surface area (Å²) in [5, 5.41) is 9.20. The van der Waals surface area contributed by atoms with Crippen molar-refractivity contribution in [3.63, 3.8) is 0 Å². The second-order valence-electron chi connectivity index (χ2n) is 3.23. The zero-order chi connectivity index (χ0) is 9.42. The molecule has 0 bridgehead atoms. The number of rotatable bonds is 1. The summed E-state index contributed by atoms with van der Waals surface area (Å²) in [6, 6.07) is 1.35. The molecule has 1 aliphatic heterocycles. The van der Waals surface area contributed by atoms with E-state index in [9.17, 15) is 9.90 Å². The molecule has 4 nitrogen and oxygen atoms in total. The number of hydrogen-bond acceptors (Lipinski definition) is 4. The van der Waals surface area contributed by atoms with E-state index in [2.05, 4.69) is 4.98 Å². The molecule has 0 saturated heterocycles. The third-order valence-corrected chi connectivity index (χ3v) is 2.31. The van der Waals surface area contributed by atoms with E-state index in [1.807, 2.05) is 11.9 Å². The predicted octanol–water partition coefficient (Wildman–Crippen LogP) is 0.473. The lowest BCUT2D eigenvalue weighted by Gasteiger charge is -2.12. The van der Waals surface area contributed by atoms with Crippen molar-refractivity contribution in [2.75, 3.05) is 7.05 Å². The molecule has 0 spiro atoms. The van der Waals surface area contributed by atoms with Crippen LogP contribution in [-0.4, -0.2) is 28.3 Å². The zero-order valence-corrected chi connectivity index (χ0v) is 7.27. The summed E-state index contributed by atoms with van der Waals surface area (Å²) in [7, 11) is 1.86. The van der Waals surface area contributed by atoms with E-state index in [1.165, 1.54) is 6.20 Å². The topological polar surface area (TPSA) is 53.4 Å². The average molecular weight is 178 g/mol. The Balaban J connectivity index is 2.49. The smallest absolute Gasteiger partial charge is 0.141 e. The van der Waals surface area contributed by atoms with Crippen LogP contribution < -0.4 is 0 Å². The Labute approximate surface area is 75.8 Å². The number of nitrogens with zero attached hydrogens (tertiary/aromatic N) is 2. The van der Waals surface area contributed by atoms with Gasteiger partial charge in [-0.15, -0.1) is 0 Å². The molecule has 0 aromatic carbocycles. The van der Waals surface area contributed by atoms with E-state index < -0.39 is 0 Å². The van der Waals surface area contributed by atoms with Gasteiger partial charge in [-0.3, -0.25) is 9.88 Å². The normalized spacial score (nSPS) is 21.5. The van der Waals surface area contributed by atoms with Crippen molar-refractivity contribution < 1.29 is 9.90 Å². The van der Waals surface area contributed by atoms with E-state index in [0.29, 0.717) is 6.54 Å². The molecule has 0 amide bonds. The molecule has 1 atom stereocenters. The molecule has 2 rings (SSSR count). The first kappa shape index (κ1) is 8.19. The number of carbonyl (C=O) groups excluding carboxylic acids is 1. The fourth-order valence-corrected chi connectivity index (χ4v) is 1.64. The maximum absolute atomic E-state index is 10.7. The van der Waals surface area contributed by atoms with Crippen LogP contribution in [0.5, 0.6) is 5.75 Å². The maximum Gasteiger partial charge on any atom is 0.141 e. The first-order chi connectivity index (χ1) is 6.22. The van der Waals surface area contributed by atoms with Gasteiger partial charge in [-0.1, -0.05) is 0 Å². The first-order valence-corrected chi connectivity index (χ1v) is 4.05. The standard InChI is InChI=1S/C9H10N2O2/c1-11-4-8-7(9(11)5-12)2-6(13)3-10-8/h2-3,5,9,13H,4H2,1H3. The van der Waals surface area contributed by atoms with Gasteiger partial charge in [0.25, 0.3) is 0 Å². The maximum atomic E-state index is 10.7. The fourth-order valence-electron chi connectivity index (χ4n) is 1.64. The van der Waals surface area contributed by atoms with Crippen molar-refractivity contribution in [3.8, 4) is 5.75 Å². The minimum absolute atomic E-state index is 0.112. The van der Waals surface area contributed by atoms with Gasteiger partial charge in [-0.25, -0.2) is 0 Å². The number of aromatic nitrogens is 1. The van der Waals surface area contributed by atoms with Gasteiger partial charge in [0.05, 0.1) is 17.9 Å². The van der Waals surface area contributed by atoms with Crippen LogP contribution in [0.1, 0.15) is 17.3 Å². The van der Waals surface area contributed by atoms with Gasteiger partial charge in [0.15, 0.2) is 0 Å². The SMILES string of the molecule is CN1Cc2ncc(O)cc2C1C=O. The molecule has 1 aromatic heterocycles. The quantitative estimate of drug-likeness (QED) is 0.635. The molecule has 1 unspecified atom stereocenters. The van der Waals surface area contributed by atoms with E-state index in [0.717, 1.165) is 17.5 Å². The molecular formula is C9H10N2O2. The van der Waals surface area contributed by atoms with E-state index in [4.69, 9.17) is 0 Å². The van der Waals surface area contributed by atoms with Crippen LogP contribution in [0.3, 0.4) is 0 Å². The van der Waals surface area contributed by atoms with Gasteiger partial charge in [-0.05, 0) is 13.1 Å². The van der Waals surface area contributed by atoms with Gasteiger partial charge in [0.2, 0.25) is 0 Å². The number of carbonyl (C=O) groups is 1.